The van der Waals surface area contributed by atoms with Crippen LogP contribution in [0.5, 0.6) is 0 Å². The number of quaternary nitrogens is 1. The molecule has 4 nitrogen and oxygen atoms in total. The van der Waals surface area contributed by atoms with Gasteiger partial charge in [0, 0.05) is 16.9 Å². The Kier molecular flexibility index (Phi) is 8.13. The van der Waals surface area contributed by atoms with E-state index in [1.54, 1.807) is 24.3 Å². The molecular formula is C20H28BrN3O. The number of hydrogen-bond donors (Lipinski definition) is 1. The zero-order chi connectivity index (χ0) is 17.6. The van der Waals surface area contributed by atoms with E-state index < -0.39 is 0 Å². The van der Waals surface area contributed by atoms with Gasteiger partial charge in [-0.15, -0.1) is 0 Å². The first-order valence-corrected chi connectivity index (χ1v) is 8.55. The Labute approximate surface area is 161 Å². The highest BCUT2D eigenvalue weighted by Crippen LogP contribution is 2.18. The average molecular weight is 406 g/mol. The Morgan fingerprint density at radius 3 is 2.08 bits per heavy atom. The van der Waals surface area contributed by atoms with Crippen LogP contribution in [0, 0.1) is 0 Å². The second-order valence-electron chi connectivity index (χ2n) is 6.39. The molecule has 1 amide bonds. The molecule has 0 saturated heterocycles. The van der Waals surface area contributed by atoms with Crippen molar-refractivity contribution in [2.24, 2.45) is 0 Å². The van der Waals surface area contributed by atoms with E-state index in [0.29, 0.717) is 17.8 Å². The molecule has 0 heterocycles. The van der Waals surface area contributed by atoms with Crippen LogP contribution in [0.1, 0.15) is 24.2 Å². The highest BCUT2D eigenvalue weighted by Gasteiger charge is 2.23. The third kappa shape index (κ3) is 5.58. The van der Waals surface area contributed by atoms with E-state index in [1.165, 1.54) is 0 Å². The molecule has 0 aromatic heterocycles. The first-order chi connectivity index (χ1) is 11.5. The second-order valence-corrected chi connectivity index (χ2v) is 6.39. The summed E-state index contributed by atoms with van der Waals surface area (Å²) in [5.74, 6) is 0.0138. The Morgan fingerprint density at radius 1 is 1.00 bits per heavy atom. The van der Waals surface area contributed by atoms with Gasteiger partial charge in [-0.3, -0.25) is 4.79 Å². The molecule has 0 saturated carbocycles. The maximum absolute atomic E-state index is 13.0. The average Bonchev–Trinajstić information content (AvgIpc) is 2.63. The van der Waals surface area contributed by atoms with Crippen LogP contribution < -0.4 is 27.6 Å². The predicted octanol–water partition coefficient (Wildman–Crippen LogP) is 0.406. The molecule has 0 aliphatic heterocycles. The summed E-state index contributed by atoms with van der Waals surface area (Å²) in [4.78, 5) is 14.9. The van der Waals surface area contributed by atoms with Gasteiger partial charge < -0.3 is 32.1 Å². The van der Waals surface area contributed by atoms with Crippen molar-refractivity contribution in [1.29, 1.82) is 0 Å². The number of carbonyl (C=O) groups excluding carboxylic acids is 1. The van der Waals surface area contributed by atoms with Gasteiger partial charge >= 0.3 is 0 Å². The Balaban J connectivity index is 0.00000312. The smallest absolute Gasteiger partial charge is 0.258 e. The van der Waals surface area contributed by atoms with Crippen LogP contribution in [-0.4, -0.2) is 43.6 Å². The van der Waals surface area contributed by atoms with Crippen LogP contribution in [0.2, 0.25) is 0 Å². The third-order valence-corrected chi connectivity index (χ3v) is 4.86. The monoisotopic (exact) mass is 405 g/mol. The molecule has 2 aromatic rings. The summed E-state index contributed by atoms with van der Waals surface area (Å²) in [7, 11) is 2.23. The molecular weight excluding hydrogens is 378 g/mol. The fourth-order valence-electron chi connectivity index (χ4n) is 2.62. The van der Waals surface area contributed by atoms with Crippen LogP contribution in [0.3, 0.4) is 0 Å². The van der Waals surface area contributed by atoms with Gasteiger partial charge in [0.2, 0.25) is 0 Å². The standard InChI is InChI=1S/C20H27N3O.BrH/c1-4-23(3,5-2)16-15-22(19-9-7-6-8-10-19)20(24)17-11-13-18(21)14-12-17;/h6-14H,4-5,15-16H2,1-3H3,(H-,21,24);1H. The van der Waals surface area contributed by atoms with Gasteiger partial charge in [-0.25, -0.2) is 0 Å². The molecule has 0 radical (unpaired) electrons. The van der Waals surface area contributed by atoms with Gasteiger partial charge in [-0.05, 0) is 50.2 Å². The molecule has 0 unspecified atom stereocenters. The van der Waals surface area contributed by atoms with E-state index in [0.717, 1.165) is 29.8 Å². The summed E-state index contributed by atoms with van der Waals surface area (Å²) in [5.41, 5.74) is 8.00. The number of nitrogens with two attached hydrogens (primary N) is 1. The Bertz CT molecular complexity index is 654. The second kappa shape index (κ2) is 9.59. The highest BCUT2D eigenvalue weighted by molar-refractivity contribution is 6.06. The van der Waals surface area contributed by atoms with Gasteiger partial charge in [0.05, 0.1) is 33.2 Å². The van der Waals surface area contributed by atoms with E-state index in [-0.39, 0.29) is 22.9 Å². The number of carbonyl (C=O) groups is 1. The van der Waals surface area contributed by atoms with Crippen molar-refractivity contribution < 1.29 is 26.3 Å². The van der Waals surface area contributed by atoms with Crippen LogP contribution in [0.15, 0.2) is 54.6 Å². The lowest BCUT2D eigenvalue weighted by molar-refractivity contribution is -0.904. The largest absolute Gasteiger partial charge is 1.00 e. The molecule has 0 bridgehead atoms. The summed E-state index contributed by atoms with van der Waals surface area (Å²) < 4.78 is 0.943. The first-order valence-electron chi connectivity index (χ1n) is 8.55. The SMILES string of the molecule is CC[N+](C)(CC)CCN(C(=O)c1ccc(N)cc1)c1ccccc1.[Br-]. The fourth-order valence-corrected chi connectivity index (χ4v) is 2.62. The van der Waals surface area contributed by atoms with Gasteiger partial charge in [0.25, 0.3) is 5.91 Å². The molecule has 136 valence electrons. The summed E-state index contributed by atoms with van der Waals surface area (Å²) in [5, 5.41) is 0. The van der Waals surface area contributed by atoms with Crippen molar-refractivity contribution in [2.75, 3.05) is 43.9 Å². The molecule has 0 aliphatic carbocycles. The zero-order valence-electron chi connectivity index (χ0n) is 15.3. The lowest BCUT2D eigenvalue weighted by atomic mass is 10.1. The first kappa shape index (κ1) is 21.2. The van der Waals surface area contributed by atoms with Crippen molar-refractivity contribution in [1.82, 2.24) is 0 Å². The fraction of sp³-hybridized carbons (Fsp3) is 0.350. The summed E-state index contributed by atoms with van der Waals surface area (Å²) in [6.45, 7) is 8.09. The van der Waals surface area contributed by atoms with Crippen LogP contribution in [-0.2, 0) is 0 Å². The molecule has 0 fully saturated rings. The maximum atomic E-state index is 13.0. The molecule has 2 N–H and O–H groups in total. The molecule has 2 rings (SSSR count). The van der Waals surface area contributed by atoms with E-state index in [2.05, 4.69) is 20.9 Å². The lowest BCUT2D eigenvalue weighted by Crippen LogP contribution is -3.00. The molecule has 0 spiro atoms. The number of rotatable bonds is 7. The Morgan fingerprint density at radius 2 is 1.56 bits per heavy atom. The number of hydrogen-bond acceptors (Lipinski definition) is 2. The molecule has 0 aliphatic rings. The lowest BCUT2D eigenvalue weighted by Gasteiger charge is -2.34. The number of nitrogens with zero attached hydrogens (tertiary/aromatic N) is 2. The number of para-hydroxylation sites is 1. The number of halogens is 1. The van der Waals surface area contributed by atoms with Crippen molar-refractivity contribution in [2.45, 2.75) is 13.8 Å². The zero-order valence-corrected chi connectivity index (χ0v) is 16.9. The van der Waals surface area contributed by atoms with E-state index >= 15 is 0 Å². The van der Waals surface area contributed by atoms with E-state index in [9.17, 15) is 4.79 Å². The number of anilines is 2. The minimum Gasteiger partial charge on any atom is -1.00 e. The highest BCUT2D eigenvalue weighted by atomic mass is 79.9. The summed E-state index contributed by atoms with van der Waals surface area (Å²) in [6, 6.07) is 17.0. The quantitative estimate of drug-likeness (QED) is 0.535. The van der Waals surface area contributed by atoms with Crippen LogP contribution >= 0.6 is 0 Å². The molecule has 25 heavy (non-hydrogen) atoms. The van der Waals surface area contributed by atoms with Gasteiger partial charge in [0.15, 0.2) is 0 Å². The van der Waals surface area contributed by atoms with E-state index in [1.807, 2.05) is 35.2 Å². The van der Waals surface area contributed by atoms with Gasteiger partial charge in [0.1, 0.15) is 0 Å². The number of nitrogen functional groups attached to an aromatic ring is 1. The third-order valence-electron chi connectivity index (χ3n) is 4.86. The van der Waals surface area contributed by atoms with E-state index in [4.69, 9.17) is 5.73 Å². The topological polar surface area (TPSA) is 46.3 Å². The molecule has 5 heteroatoms. The molecule has 0 atom stereocenters. The van der Waals surface area contributed by atoms with Crippen molar-refractivity contribution in [3.05, 3.63) is 60.2 Å². The predicted molar refractivity (Wildman–Crippen MR) is 101 cm³/mol. The maximum Gasteiger partial charge on any atom is 0.258 e. The summed E-state index contributed by atoms with van der Waals surface area (Å²) >= 11 is 0. The number of amides is 1. The van der Waals surface area contributed by atoms with Gasteiger partial charge in [-0.1, -0.05) is 18.2 Å². The minimum atomic E-state index is 0. The van der Waals surface area contributed by atoms with Crippen LogP contribution in [0.25, 0.3) is 0 Å². The van der Waals surface area contributed by atoms with Crippen LogP contribution in [0.4, 0.5) is 11.4 Å². The Hall–Kier alpha value is -1.85. The number of likely N-dealkylation sites (N-methyl/N-ethyl adjacent to an activating group) is 1. The summed E-state index contributed by atoms with van der Waals surface area (Å²) in [6.07, 6.45) is 0. The van der Waals surface area contributed by atoms with Crippen molar-refractivity contribution in [3.63, 3.8) is 0 Å². The number of benzene rings is 2. The van der Waals surface area contributed by atoms with Gasteiger partial charge in [-0.2, -0.15) is 0 Å². The van der Waals surface area contributed by atoms with Crippen molar-refractivity contribution >= 4 is 17.3 Å². The van der Waals surface area contributed by atoms with Crippen molar-refractivity contribution in [3.8, 4) is 0 Å². The minimum absolute atomic E-state index is 0. The molecule has 2 aromatic carbocycles. The normalized spacial score (nSPS) is 10.8.